The molecule has 0 saturated carbocycles. The van der Waals surface area contributed by atoms with Crippen molar-refractivity contribution in [3.8, 4) is 0 Å². The van der Waals surface area contributed by atoms with Gasteiger partial charge >= 0.3 is 5.97 Å². The molecule has 0 aliphatic rings. The predicted octanol–water partition coefficient (Wildman–Crippen LogP) is 0.917. The highest BCUT2D eigenvalue weighted by Crippen LogP contribution is 2.14. The van der Waals surface area contributed by atoms with Gasteiger partial charge in [0.1, 0.15) is 0 Å². The minimum absolute atomic E-state index is 0.235. The van der Waals surface area contributed by atoms with E-state index in [4.69, 9.17) is 5.73 Å². The number of nitrogen functional groups attached to an aromatic ring is 1. The number of H-pyrrole nitrogens is 1. The lowest BCUT2D eigenvalue weighted by atomic mass is 10.2. The SMILES string of the molecule is COC(=O)c1ccc(Nc2n[nH]c(N)n2)cc1. The molecule has 7 nitrogen and oxygen atoms in total. The smallest absolute Gasteiger partial charge is 0.337 e. The van der Waals surface area contributed by atoms with Crippen LogP contribution in [0.15, 0.2) is 24.3 Å². The van der Waals surface area contributed by atoms with Crippen LogP contribution < -0.4 is 11.1 Å². The Hall–Kier alpha value is -2.57. The number of hydrogen-bond acceptors (Lipinski definition) is 6. The summed E-state index contributed by atoms with van der Waals surface area (Å²) in [6.07, 6.45) is 0. The number of anilines is 3. The van der Waals surface area contributed by atoms with Crippen LogP contribution in [0.3, 0.4) is 0 Å². The van der Waals surface area contributed by atoms with Crippen LogP contribution in [0.25, 0.3) is 0 Å². The summed E-state index contributed by atoms with van der Waals surface area (Å²) < 4.78 is 4.59. The van der Waals surface area contributed by atoms with Crippen molar-refractivity contribution in [2.75, 3.05) is 18.2 Å². The van der Waals surface area contributed by atoms with Gasteiger partial charge in [-0.05, 0) is 24.3 Å². The number of ether oxygens (including phenoxy) is 1. The summed E-state index contributed by atoms with van der Waals surface area (Å²) in [5.74, 6) is 0.227. The van der Waals surface area contributed by atoms with E-state index in [1.165, 1.54) is 7.11 Å². The van der Waals surface area contributed by atoms with Gasteiger partial charge in [0, 0.05) is 5.69 Å². The zero-order valence-electron chi connectivity index (χ0n) is 9.10. The Labute approximate surface area is 97.0 Å². The molecule has 0 bridgehead atoms. The Bertz CT molecular complexity index is 520. The number of carbonyl (C=O) groups is 1. The third-order valence-electron chi connectivity index (χ3n) is 2.06. The lowest BCUT2D eigenvalue weighted by molar-refractivity contribution is 0.0601. The zero-order valence-corrected chi connectivity index (χ0v) is 9.10. The predicted molar refractivity (Wildman–Crippen MR) is 61.9 cm³/mol. The van der Waals surface area contributed by atoms with Gasteiger partial charge < -0.3 is 15.8 Å². The maximum atomic E-state index is 11.2. The van der Waals surface area contributed by atoms with Gasteiger partial charge in [-0.25, -0.2) is 9.89 Å². The molecule has 1 aromatic carbocycles. The molecule has 0 aliphatic heterocycles. The second kappa shape index (κ2) is 4.52. The van der Waals surface area contributed by atoms with Crippen LogP contribution in [0.5, 0.6) is 0 Å². The van der Waals surface area contributed by atoms with Crippen LogP contribution in [0, 0.1) is 0 Å². The van der Waals surface area contributed by atoms with Crippen LogP contribution in [0.1, 0.15) is 10.4 Å². The Morgan fingerprint density at radius 1 is 1.41 bits per heavy atom. The number of carbonyl (C=O) groups excluding carboxylic acids is 1. The molecule has 4 N–H and O–H groups in total. The maximum Gasteiger partial charge on any atom is 0.337 e. The van der Waals surface area contributed by atoms with E-state index in [0.717, 1.165) is 5.69 Å². The normalized spacial score (nSPS) is 9.94. The molecule has 0 radical (unpaired) electrons. The first-order chi connectivity index (χ1) is 8.19. The van der Waals surface area contributed by atoms with E-state index in [0.29, 0.717) is 11.5 Å². The summed E-state index contributed by atoms with van der Waals surface area (Å²) in [4.78, 5) is 15.1. The monoisotopic (exact) mass is 233 g/mol. The van der Waals surface area contributed by atoms with Gasteiger partial charge in [-0.2, -0.15) is 4.98 Å². The summed E-state index contributed by atoms with van der Waals surface area (Å²) in [6.45, 7) is 0. The minimum atomic E-state index is -0.376. The fourth-order valence-electron chi connectivity index (χ4n) is 1.27. The number of esters is 1. The molecule has 0 unspecified atom stereocenters. The lowest BCUT2D eigenvalue weighted by Crippen LogP contribution is -2.01. The van der Waals surface area contributed by atoms with Gasteiger partial charge in [0.15, 0.2) is 0 Å². The second-order valence-electron chi connectivity index (χ2n) is 3.24. The fourth-order valence-corrected chi connectivity index (χ4v) is 1.27. The number of methoxy groups -OCH3 is 1. The number of nitrogens with two attached hydrogens (primary N) is 1. The van der Waals surface area contributed by atoms with Crippen molar-refractivity contribution >= 4 is 23.6 Å². The number of nitrogens with one attached hydrogen (secondary N) is 2. The fraction of sp³-hybridized carbons (Fsp3) is 0.100. The van der Waals surface area contributed by atoms with Crippen molar-refractivity contribution in [2.24, 2.45) is 0 Å². The summed E-state index contributed by atoms with van der Waals surface area (Å²) >= 11 is 0. The summed E-state index contributed by atoms with van der Waals surface area (Å²) in [7, 11) is 1.34. The maximum absolute atomic E-state index is 11.2. The highest BCUT2D eigenvalue weighted by molar-refractivity contribution is 5.89. The molecule has 0 amide bonds. The van der Waals surface area contributed by atoms with Crippen molar-refractivity contribution in [3.05, 3.63) is 29.8 Å². The summed E-state index contributed by atoms with van der Waals surface area (Å²) in [5.41, 5.74) is 6.61. The first-order valence-corrected chi connectivity index (χ1v) is 4.82. The van der Waals surface area contributed by atoms with E-state index in [1.54, 1.807) is 24.3 Å². The van der Waals surface area contributed by atoms with Gasteiger partial charge in [-0.1, -0.05) is 0 Å². The Morgan fingerprint density at radius 2 is 2.12 bits per heavy atom. The van der Waals surface area contributed by atoms with Crippen molar-refractivity contribution in [2.45, 2.75) is 0 Å². The van der Waals surface area contributed by atoms with Crippen LogP contribution in [-0.2, 0) is 4.74 Å². The van der Waals surface area contributed by atoms with Crippen LogP contribution in [0.4, 0.5) is 17.6 Å². The minimum Gasteiger partial charge on any atom is -0.465 e. The number of nitrogens with zero attached hydrogens (tertiary/aromatic N) is 2. The first kappa shape index (κ1) is 10.9. The van der Waals surface area contributed by atoms with E-state index in [-0.39, 0.29) is 11.9 Å². The number of aromatic amines is 1. The first-order valence-electron chi connectivity index (χ1n) is 4.82. The van der Waals surface area contributed by atoms with Gasteiger partial charge in [0.2, 0.25) is 11.9 Å². The highest BCUT2D eigenvalue weighted by Gasteiger charge is 2.05. The molecule has 1 aromatic heterocycles. The summed E-state index contributed by atoms with van der Waals surface area (Å²) in [6, 6.07) is 6.73. The molecule has 0 spiro atoms. The Balaban J connectivity index is 2.10. The van der Waals surface area contributed by atoms with Gasteiger partial charge in [-0.3, -0.25) is 0 Å². The molecule has 7 heteroatoms. The highest BCUT2D eigenvalue weighted by atomic mass is 16.5. The molecule has 0 saturated heterocycles. The average molecular weight is 233 g/mol. The molecular weight excluding hydrogens is 222 g/mol. The standard InChI is InChI=1S/C10H11N5O2/c1-17-8(16)6-2-4-7(5-3-6)12-10-13-9(11)14-15-10/h2-5H,1H3,(H4,11,12,13,14,15). The Kier molecular flexibility index (Phi) is 2.91. The molecule has 2 rings (SSSR count). The molecule has 0 aliphatic carbocycles. The number of rotatable bonds is 3. The van der Waals surface area contributed by atoms with E-state index in [2.05, 4.69) is 25.2 Å². The topological polar surface area (TPSA) is 106 Å². The molecule has 1 heterocycles. The van der Waals surface area contributed by atoms with Crippen molar-refractivity contribution in [1.82, 2.24) is 15.2 Å². The molecule has 0 fully saturated rings. The molecule has 2 aromatic rings. The van der Waals surface area contributed by atoms with E-state index >= 15 is 0 Å². The van der Waals surface area contributed by atoms with Crippen LogP contribution in [-0.4, -0.2) is 28.3 Å². The van der Waals surface area contributed by atoms with Crippen LogP contribution in [0.2, 0.25) is 0 Å². The number of hydrogen-bond donors (Lipinski definition) is 3. The second-order valence-corrected chi connectivity index (χ2v) is 3.24. The number of benzene rings is 1. The van der Waals surface area contributed by atoms with Crippen LogP contribution >= 0.6 is 0 Å². The molecule has 88 valence electrons. The third kappa shape index (κ3) is 2.51. The largest absolute Gasteiger partial charge is 0.465 e. The quantitative estimate of drug-likeness (QED) is 0.680. The van der Waals surface area contributed by atoms with E-state index < -0.39 is 0 Å². The Morgan fingerprint density at radius 3 is 2.65 bits per heavy atom. The van der Waals surface area contributed by atoms with Crippen molar-refractivity contribution in [1.29, 1.82) is 0 Å². The number of aromatic nitrogens is 3. The summed E-state index contributed by atoms with van der Waals surface area (Å²) in [5, 5.41) is 9.25. The lowest BCUT2D eigenvalue weighted by Gasteiger charge is -2.02. The van der Waals surface area contributed by atoms with Crippen molar-refractivity contribution in [3.63, 3.8) is 0 Å². The van der Waals surface area contributed by atoms with Gasteiger partial charge in [-0.15, -0.1) is 5.10 Å². The van der Waals surface area contributed by atoms with Gasteiger partial charge in [0.05, 0.1) is 12.7 Å². The van der Waals surface area contributed by atoms with Crippen molar-refractivity contribution < 1.29 is 9.53 Å². The van der Waals surface area contributed by atoms with E-state index in [1.807, 2.05) is 0 Å². The zero-order chi connectivity index (χ0) is 12.3. The third-order valence-corrected chi connectivity index (χ3v) is 2.06. The molecular formula is C10H11N5O2. The average Bonchev–Trinajstić information content (AvgIpc) is 2.75. The molecule has 0 atom stereocenters. The van der Waals surface area contributed by atoms with E-state index in [9.17, 15) is 4.79 Å². The molecule has 17 heavy (non-hydrogen) atoms. The van der Waals surface area contributed by atoms with Gasteiger partial charge in [0.25, 0.3) is 0 Å².